The Balaban J connectivity index is 3.44. The van der Waals surface area contributed by atoms with Gasteiger partial charge < -0.3 is 23.3 Å². The fraction of sp³-hybridized carbons (Fsp3) is 0.588. The van der Waals surface area contributed by atoms with E-state index in [2.05, 4.69) is 0 Å². The molecule has 0 aromatic heterocycles. The predicted molar refractivity (Wildman–Crippen MR) is 95.4 cm³/mol. The van der Waals surface area contributed by atoms with Crippen LogP contribution in [0.1, 0.15) is 38.1 Å². The van der Waals surface area contributed by atoms with E-state index in [4.69, 9.17) is 23.3 Å². The molecule has 1 aromatic rings. The normalized spacial score (nSPS) is 12.0. The summed E-state index contributed by atoms with van der Waals surface area (Å²) in [5.74, 6) is 0.640. The van der Waals surface area contributed by atoms with Gasteiger partial charge in [-0.15, -0.1) is 0 Å². The van der Waals surface area contributed by atoms with Gasteiger partial charge in [-0.2, -0.15) is 0 Å². The molecule has 0 heterocycles. The van der Waals surface area contributed by atoms with Crippen molar-refractivity contribution >= 4 is 13.4 Å². The van der Waals surface area contributed by atoms with Gasteiger partial charge >= 0.3 is 7.60 Å². The van der Waals surface area contributed by atoms with E-state index in [1.807, 2.05) is 0 Å². The summed E-state index contributed by atoms with van der Waals surface area (Å²) < 4.78 is 39.7. The Bertz CT molecular complexity index is 619. The van der Waals surface area contributed by atoms with Gasteiger partial charge in [-0.1, -0.05) is 0 Å². The fourth-order valence-corrected chi connectivity index (χ4v) is 4.17. The van der Waals surface area contributed by atoms with Crippen molar-refractivity contribution in [3.05, 3.63) is 17.7 Å². The van der Waals surface area contributed by atoms with Gasteiger partial charge in [0.1, 0.15) is 5.16 Å². The fourth-order valence-electron chi connectivity index (χ4n) is 2.39. The van der Waals surface area contributed by atoms with E-state index in [1.165, 1.54) is 33.5 Å². The Labute approximate surface area is 149 Å². The lowest BCUT2D eigenvalue weighted by atomic mass is 9.99. The van der Waals surface area contributed by atoms with E-state index in [0.29, 0.717) is 17.2 Å². The molecule has 0 fully saturated rings. The molecule has 1 aromatic carbocycles. The standard InChI is InChI=1S/C17H27O7P/c1-8-23-25(19,24-9-2)17(3,4)16(18)12-10-13(20-5)15(22-7)14(11-12)21-6/h10-11H,8-9H2,1-7H3. The molecule has 0 bridgehead atoms. The highest BCUT2D eigenvalue weighted by atomic mass is 31.2. The summed E-state index contributed by atoms with van der Waals surface area (Å²) in [5, 5.41) is -1.39. The van der Waals surface area contributed by atoms with Crippen LogP contribution in [0.5, 0.6) is 17.2 Å². The Hall–Kier alpha value is -1.56. The van der Waals surface area contributed by atoms with E-state index >= 15 is 0 Å². The van der Waals surface area contributed by atoms with Gasteiger partial charge in [0.2, 0.25) is 5.75 Å². The minimum absolute atomic E-state index is 0.170. The summed E-state index contributed by atoms with van der Waals surface area (Å²) in [4.78, 5) is 13.1. The smallest absolute Gasteiger partial charge is 0.343 e. The summed E-state index contributed by atoms with van der Waals surface area (Å²) >= 11 is 0. The van der Waals surface area contributed by atoms with E-state index in [1.54, 1.807) is 27.7 Å². The summed E-state index contributed by atoms with van der Waals surface area (Å²) in [6.07, 6.45) is 0. The number of hydrogen-bond donors (Lipinski definition) is 0. The molecule has 0 unspecified atom stereocenters. The maximum atomic E-state index is 13.1. The molecule has 1 rings (SSSR count). The Kier molecular flexibility index (Phi) is 7.47. The SMILES string of the molecule is CCOP(=O)(OCC)C(C)(C)C(=O)c1cc(OC)c(OC)c(OC)c1. The van der Waals surface area contributed by atoms with Gasteiger partial charge in [0.15, 0.2) is 17.3 Å². The number of Topliss-reactive ketones (excluding diaryl/α,β-unsaturated/α-hetero) is 1. The summed E-state index contributed by atoms with van der Waals surface area (Å²) in [6.45, 7) is 6.83. The van der Waals surface area contributed by atoms with Gasteiger partial charge in [0.25, 0.3) is 0 Å². The maximum Gasteiger partial charge on any atom is 0.343 e. The molecule has 142 valence electrons. The minimum Gasteiger partial charge on any atom is -0.493 e. The van der Waals surface area contributed by atoms with E-state index in [-0.39, 0.29) is 18.8 Å². The molecular formula is C17H27O7P. The van der Waals surface area contributed by atoms with Crippen LogP contribution in [0.15, 0.2) is 12.1 Å². The Morgan fingerprint density at radius 2 is 1.40 bits per heavy atom. The molecule has 8 heteroatoms. The van der Waals surface area contributed by atoms with E-state index < -0.39 is 18.5 Å². The van der Waals surface area contributed by atoms with Crippen LogP contribution in [0.2, 0.25) is 0 Å². The highest BCUT2D eigenvalue weighted by Crippen LogP contribution is 2.61. The van der Waals surface area contributed by atoms with Crippen molar-refractivity contribution in [1.82, 2.24) is 0 Å². The number of ketones is 1. The molecule has 25 heavy (non-hydrogen) atoms. The lowest BCUT2D eigenvalue weighted by Crippen LogP contribution is -2.33. The van der Waals surface area contributed by atoms with Crippen molar-refractivity contribution in [3.8, 4) is 17.2 Å². The number of benzene rings is 1. The second-order valence-corrected chi connectivity index (χ2v) is 8.26. The largest absolute Gasteiger partial charge is 0.493 e. The van der Waals surface area contributed by atoms with Crippen molar-refractivity contribution in [1.29, 1.82) is 0 Å². The van der Waals surface area contributed by atoms with Crippen LogP contribution in [-0.4, -0.2) is 45.5 Å². The average molecular weight is 374 g/mol. The third-order valence-corrected chi connectivity index (χ3v) is 6.53. The third kappa shape index (κ3) is 4.17. The summed E-state index contributed by atoms with van der Waals surface area (Å²) in [5.41, 5.74) is 0.263. The molecule has 0 atom stereocenters. The van der Waals surface area contributed by atoms with Crippen molar-refractivity contribution < 1.29 is 32.6 Å². The van der Waals surface area contributed by atoms with Gasteiger partial charge in [0, 0.05) is 5.56 Å². The molecule has 0 aliphatic heterocycles. The number of ether oxygens (including phenoxy) is 3. The predicted octanol–water partition coefficient (Wildman–Crippen LogP) is 3.94. The second-order valence-electron chi connectivity index (χ2n) is 5.64. The molecule has 0 saturated heterocycles. The molecular weight excluding hydrogens is 347 g/mol. The average Bonchev–Trinajstić information content (AvgIpc) is 2.59. The van der Waals surface area contributed by atoms with Crippen molar-refractivity contribution in [3.63, 3.8) is 0 Å². The first kappa shape index (κ1) is 21.5. The van der Waals surface area contributed by atoms with Gasteiger partial charge in [0.05, 0.1) is 34.5 Å². The lowest BCUT2D eigenvalue weighted by molar-refractivity contribution is 0.0922. The molecule has 0 aliphatic carbocycles. The van der Waals surface area contributed by atoms with E-state index in [9.17, 15) is 9.36 Å². The highest BCUT2D eigenvalue weighted by molar-refractivity contribution is 7.56. The van der Waals surface area contributed by atoms with Crippen molar-refractivity contribution in [2.24, 2.45) is 0 Å². The zero-order valence-corrected chi connectivity index (χ0v) is 16.8. The van der Waals surface area contributed by atoms with Crippen LogP contribution in [-0.2, 0) is 13.6 Å². The van der Waals surface area contributed by atoms with E-state index in [0.717, 1.165) is 0 Å². The van der Waals surface area contributed by atoms with Crippen LogP contribution < -0.4 is 14.2 Å². The topological polar surface area (TPSA) is 80.3 Å². The van der Waals surface area contributed by atoms with Crippen LogP contribution in [0, 0.1) is 0 Å². The van der Waals surface area contributed by atoms with Crippen LogP contribution in [0.4, 0.5) is 0 Å². The maximum absolute atomic E-state index is 13.1. The molecule has 0 N–H and O–H groups in total. The molecule has 0 spiro atoms. The Morgan fingerprint density at radius 1 is 0.960 bits per heavy atom. The second kappa shape index (κ2) is 8.70. The van der Waals surface area contributed by atoms with Gasteiger partial charge in [-0.25, -0.2) is 0 Å². The third-order valence-electron chi connectivity index (χ3n) is 3.77. The van der Waals surface area contributed by atoms with Crippen molar-refractivity contribution in [2.45, 2.75) is 32.9 Å². The monoisotopic (exact) mass is 374 g/mol. The molecule has 0 amide bonds. The molecule has 0 radical (unpaired) electrons. The number of rotatable bonds is 10. The van der Waals surface area contributed by atoms with Crippen LogP contribution in [0.3, 0.4) is 0 Å². The first-order chi connectivity index (χ1) is 11.7. The summed E-state index contributed by atoms with van der Waals surface area (Å²) in [7, 11) is 0.725. The molecule has 0 aliphatic rings. The number of hydrogen-bond acceptors (Lipinski definition) is 7. The zero-order chi connectivity index (χ0) is 19.3. The zero-order valence-electron chi connectivity index (χ0n) is 15.9. The number of carbonyl (C=O) groups excluding carboxylic acids is 1. The van der Waals surface area contributed by atoms with Crippen LogP contribution in [0.25, 0.3) is 0 Å². The lowest BCUT2D eigenvalue weighted by Gasteiger charge is -2.31. The molecule has 7 nitrogen and oxygen atoms in total. The van der Waals surface area contributed by atoms with Crippen LogP contribution >= 0.6 is 7.60 Å². The highest BCUT2D eigenvalue weighted by Gasteiger charge is 2.49. The Morgan fingerprint density at radius 3 is 1.72 bits per heavy atom. The molecule has 0 saturated carbocycles. The van der Waals surface area contributed by atoms with Gasteiger partial charge in [-0.05, 0) is 39.8 Å². The summed E-state index contributed by atoms with van der Waals surface area (Å²) in [6, 6.07) is 3.04. The number of methoxy groups -OCH3 is 3. The first-order valence-corrected chi connectivity index (χ1v) is 9.50. The number of carbonyl (C=O) groups is 1. The minimum atomic E-state index is -3.67. The van der Waals surface area contributed by atoms with Gasteiger partial charge in [-0.3, -0.25) is 9.36 Å². The van der Waals surface area contributed by atoms with Crippen molar-refractivity contribution in [2.75, 3.05) is 34.5 Å². The quantitative estimate of drug-likeness (QED) is 0.453. The first-order valence-electron chi connectivity index (χ1n) is 7.96.